The van der Waals surface area contributed by atoms with Gasteiger partial charge in [-0.1, -0.05) is 11.6 Å². The van der Waals surface area contributed by atoms with Gasteiger partial charge < -0.3 is 15.0 Å². The monoisotopic (exact) mass is 553 g/mol. The van der Waals surface area contributed by atoms with Crippen LogP contribution in [0.4, 0.5) is 10.2 Å². The predicted molar refractivity (Wildman–Crippen MR) is 134 cm³/mol. The lowest BCUT2D eigenvalue weighted by molar-refractivity contribution is -0.152. The zero-order chi connectivity index (χ0) is 27.7. The van der Waals surface area contributed by atoms with Gasteiger partial charge in [-0.3, -0.25) is 14.4 Å². The van der Waals surface area contributed by atoms with Gasteiger partial charge in [0, 0.05) is 35.8 Å². The number of hydrogen-bond acceptors (Lipinski definition) is 9. The third kappa shape index (κ3) is 5.25. The number of rotatable bonds is 7. The molecule has 0 bridgehead atoms. The van der Waals surface area contributed by atoms with Gasteiger partial charge in [0.15, 0.2) is 18.2 Å². The Hall–Kier alpha value is -4.52. The summed E-state index contributed by atoms with van der Waals surface area (Å²) in [5.74, 6) is -3.94. The molecule has 14 heteroatoms. The number of ketones is 1. The fraction of sp³-hybridized carbons (Fsp3) is 0.280. The number of benzene rings is 1. The molecule has 1 aromatic carbocycles. The second kappa shape index (κ2) is 10.7. The number of nitrogens with one attached hydrogen (secondary N) is 1. The van der Waals surface area contributed by atoms with Gasteiger partial charge in [-0.2, -0.15) is 4.68 Å². The number of fused-ring (bicyclic) bond motifs is 1. The van der Waals surface area contributed by atoms with Crippen LogP contribution in [0.25, 0.3) is 11.3 Å². The van der Waals surface area contributed by atoms with Gasteiger partial charge in [0.05, 0.1) is 11.3 Å². The number of aromatic nitrogens is 5. The van der Waals surface area contributed by atoms with Gasteiger partial charge in [-0.25, -0.2) is 14.2 Å². The normalized spacial score (nSPS) is 18.4. The minimum absolute atomic E-state index is 0.274. The molecule has 0 radical (unpaired) electrons. The highest BCUT2D eigenvalue weighted by Crippen LogP contribution is 2.38. The highest BCUT2D eigenvalue weighted by Gasteiger charge is 2.44. The predicted octanol–water partition coefficient (Wildman–Crippen LogP) is 2.38. The van der Waals surface area contributed by atoms with Crippen LogP contribution < -0.4 is 5.32 Å². The van der Waals surface area contributed by atoms with E-state index in [1.54, 1.807) is 18.2 Å². The van der Waals surface area contributed by atoms with E-state index < -0.39 is 41.9 Å². The van der Waals surface area contributed by atoms with Crippen molar-refractivity contribution in [3.63, 3.8) is 0 Å². The quantitative estimate of drug-likeness (QED) is 0.343. The van der Waals surface area contributed by atoms with Crippen molar-refractivity contribution in [1.29, 1.82) is 0 Å². The smallest absolute Gasteiger partial charge is 0.329 e. The Morgan fingerprint density at radius 1 is 1.23 bits per heavy atom. The Labute approximate surface area is 225 Å². The molecule has 39 heavy (non-hydrogen) atoms. The third-order valence-electron chi connectivity index (χ3n) is 6.51. The summed E-state index contributed by atoms with van der Waals surface area (Å²) in [6.45, 7) is 0.440. The molecular weight excluding hydrogens is 533 g/mol. The zero-order valence-corrected chi connectivity index (χ0v) is 21.3. The lowest BCUT2D eigenvalue weighted by Gasteiger charge is -2.33. The fourth-order valence-corrected chi connectivity index (χ4v) is 5.00. The Morgan fingerprint density at radius 3 is 2.79 bits per heavy atom. The molecule has 2 amide bonds. The number of hydrogen-bond donors (Lipinski definition) is 1. The summed E-state index contributed by atoms with van der Waals surface area (Å²) in [4.78, 5) is 55.0. The first kappa shape index (κ1) is 26.1. The molecule has 2 aromatic heterocycles. The van der Waals surface area contributed by atoms with Gasteiger partial charge in [0.1, 0.15) is 12.4 Å². The first-order valence-corrected chi connectivity index (χ1v) is 12.3. The lowest BCUT2D eigenvalue weighted by atomic mass is 9.93. The third-order valence-corrected chi connectivity index (χ3v) is 6.75. The van der Waals surface area contributed by atoms with Crippen molar-refractivity contribution in [2.24, 2.45) is 0 Å². The number of anilines is 1. The van der Waals surface area contributed by atoms with E-state index in [9.17, 15) is 23.6 Å². The lowest BCUT2D eigenvalue weighted by Crippen LogP contribution is -2.47. The maximum absolute atomic E-state index is 14.6. The molecule has 12 nitrogen and oxygen atoms in total. The first-order chi connectivity index (χ1) is 18.7. The van der Waals surface area contributed by atoms with Crippen LogP contribution >= 0.6 is 11.6 Å². The second-order valence-corrected chi connectivity index (χ2v) is 9.45. The average molecular weight is 554 g/mol. The Bertz CT molecular complexity index is 1510. The molecule has 1 fully saturated rings. The largest absolute Gasteiger partial charge is 0.456 e. The van der Waals surface area contributed by atoms with Crippen LogP contribution in [0.1, 0.15) is 42.1 Å². The summed E-state index contributed by atoms with van der Waals surface area (Å²) in [5.41, 5.74) is 1.68. The molecule has 0 spiro atoms. The number of amides is 2. The minimum Gasteiger partial charge on any atom is -0.456 e. The van der Waals surface area contributed by atoms with Crippen LogP contribution in [-0.4, -0.2) is 72.3 Å². The van der Waals surface area contributed by atoms with Crippen molar-refractivity contribution in [2.75, 3.05) is 11.9 Å². The number of tetrazole rings is 1. The van der Waals surface area contributed by atoms with Gasteiger partial charge >= 0.3 is 5.97 Å². The molecule has 1 saturated heterocycles. The Morgan fingerprint density at radius 2 is 2.05 bits per heavy atom. The highest BCUT2D eigenvalue weighted by molar-refractivity contribution is 6.30. The van der Waals surface area contributed by atoms with E-state index in [1.165, 1.54) is 28.9 Å². The number of pyridine rings is 1. The zero-order valence-electron chi connectivity index (χ0n) is 20.5. The number of carbonyl (C=O) groups is 4. The van der Waals surface area contributed by atoms with Crippen molar-refractivity contribution < 1.29 is 28.3 Å². The summed E-state index contributed by atoms with van der Waals surface area (Å²) in [7, 11) is 0. The SMILES string of the molecule is CC(=O)Nc1nccc(C(=O)COC(=O)C2CC[C@@H]3CC(c4cc(Cl)ccc4-n4cnnn4)=CC(=O)N23)c1F. The molecule has 2 aliphatic rings. The summed E-state index contributed by atoms with van der Waals surface area (Å²) in [6.07, 6.45) is 5.38. The highest BCUT2D eigenvalue weighted by atomic mass is 35.5. The van der Waals surface area contributed by atoms with E-state index in [2.05, 4.69) is 25.8 Å². The number of nitrogens with zero attached hydrogens (tertiary/aromatic N) is 6. The molecule has 0 saturated carbocycles. The second-order valence-electron chi connectivity index (χ2n) is 9.02. The van der Waals surface area contributed by atoms with Gasteiger partial charge in [-0.05, 0) is 59.5 Å². The van der Waals surface area contributed by atoms with Crippen LogP contribution in [0, 0.1) is 5.82 Å². The van der Waals surface area contributed by atoms with E-state index >= 15 is 0 Å². The maximum atomic E-state index is 14.6. The molecule has 1 N–H and O–H groups in total. The molecule has 200 valence electrons. The van der Waals surface area contributed by atoms with Crippen LogP contribution in [0.3, 0.4) is 0 Å². The number of halogens is 2. The molecule has 0 aliphatic carbocycles. The van der Waals surface area contributed by atoms with Crippen molar-refractivity contribution in [3.8, 4) is 5.69 Å². The van der Waals surface area contributed by atoms with Crippen molar-refractivity contribution in [2.45, 2.75) is 38.3 Å². The number of ether oxygens (including phenoxy) is 1. The summed E-state index contributed by atoms with van der Waals surface area (Å²) >= 11 is 6.24. The fourth-order valence-electron chi connectivity index (χ4n) is 4.83. The van der Waals surface area contributed by atoms with E-state index in [4.69, 9.17) is 16.3 Å². The first-order valence-electron chi connectivity index (χ1n) is 11.9. The minimum atomic E-state index is -1.03. The van der Waals surface area contributed by atoms with Crippen LogP contribution in [0.5, 0.6) is 0 Å². The number of carbonyl (C=O) groups excluding carboxylic acids is 4. The topological polar surface area (TPSA) is 149 Å². The molecule has 4 heterocycles. The van der Waals surface area contributed by atoms with Crippen LogP contribution in [-0.2, 0) is 19.1 Å². The standard InChI is InChI=1S/C25H21ClFN7O5/c1-13(35)30-24-23(27)17(6-7-28-24)21(36)11-39-25(38)20-5-3-16-8-14(9-22(37)34(16)20)18-10-15(26)2-4-19(18)33-12-29-31-32-33/h2,4,6-7,9-10,12,16,20H,3,5,8,11H2,1H3,(H,28,30,35)/t16-,20?/m1/s1. The van der Waals surface area contributed by atoms with Crippen molar-refractivity contribution in [3.05, 3.63) is 64.8 Å². The van der Waals surface area contributed by atoms with E-state index in [0.717, 1.165) is 17.8 Å². The Kier molecular flexibility index (Phi) is 7.15. The molecule has 5 rings (SSSR count). The molecule has 3 aromatic rings. The Balaban J connectivity index is 1.29. The van der Waals surface area contributed by atoms with Crippen molar-refractivity contribution >= 4 is 46.6 Å². The summed E-state index contributed by atoms with van der Waals surface area (Å²) in [5, 5.41) is 13.9. The van der Waals surface area contributed by atoms with Crippen LogP contribution in [0.2, 0.25) is 5.02 Å². The van der Waals surface area contributed by atoms with E-state index in [1.807, 2.05) is 0 Å². The van der Waals surface area contributed by atoms with Crippen molar-refractivity contribution in [1.82, 2.24) is 30.1 Å². The number of esters is 1. The average Bonchev–Trinajstić information content (AvgIpc) is 3.59. The summed E-state index contributed by atoms with van der Waals surface area (Å²) < 4.78 is 21.2. The maximum Gasteiger partial charge on any atom is 0.329 e. The molecular formula is C25H21ClFN7O5. The molecule has 2 aliphatic heterocycles. The van der Waals surface area contributed by atoms with Crippen LogP contribution in [0.15, 0.2) is 42.9 Å². The van der Waals surface area contributed by atoms with Gasteiger partial charge in [-0.15, -0.1) is 5.10 Å². The van der Waals surface area contributed by atoms with Gasteiger partial charge in [0.2, 0.25) is 17.6 Å². The number of Topliss-reactive ketones (excluding diaryl/α,β-unsaturated/α-hetero) is 1. The molecule has 2 atom stereocenters. The van der Waals surface area contributed by atoms with Gasteiger partial charge in [0.25, 0.3) is 0 Å². The van der Waals surface area contributed by atoms with E-state index in [-0.39, 0.29) is 17.5 Å². The van der Waals surface area contributed by atoms with E-state index in [0.29, 0.717) is 35.5 Å². The summed E-state index contributed by atoms with van der Waals surface area (Å²) in [6, 6.07) is 5.15. The molecule has 1 unspecified atom stereocenters.